The lowest BCUT2D eigenvalue weighted by Crippen LogP contribution is -2.35. The molecule has 33 heavy (non-hydrogen) atoms. The summed E-state index contributed by atoms with van der Waals surface area (Å²) >= 11 is 6.09. The van der Waals surface area contributed by atoms with E-state index in [0.717, 1.165) is 18.0 Å². The van der Waals surface area contributed by atoms with Gasteiger partial charge in [0.05, 0.1) is 17.5 Å². The Morgan fingerprint density at radius 2 is 1.82 bits per heavy atom. The van der Waals surface area contributed by atoms with Crippen LogP contribution in [0.4, 0.5) is 4.79 Å². The van der Waals surface area contributed by atoms with E-state index in [1.807, 2.05) is 18.2 Å². The minimum Gasteiger partial charge on any atom is -0.497 e. The number of ether oxygens (including phenoxy) is 2. The van der Waals surface area contributed by atoms with Crippen molar-refractivity contribution in [1.29, 1.82) is 0 Å². The second kappa shape index (κ2) is 8.45. The average Bonchev–Trinajstić information content (AvgIpc) is 3.32. The van der Waals surface area contributed by atoms with Gasteiger partial charge in [0, 0.05) is 30.7 Å². The summed E-state index contributed by atoms with van der Waals surface area (Å²) in [5.74, 6) is 1.11. The van der Waals surface area contributed by atoms with Gasteiger partial charge in [0.15, 0.2) is 11.6 Å². The van der Waals surface area contributed by atoms with Crippen molar-refractivity contribution in [2.45, 2.75) is 11.8 Å². The Balaban J connectivity index is 1.68. The van der Waals surface area contributed by atoms with Crippen molar-refractivity contribution in [3.8, 4) is 17.3 Å². The van der Waals surface area contributed by atoms with Crippen LogP contribution in [0.15, 0.2) is 59.6 Å². The molecule has 1 amide bonds. The molecule has 0 saturated carbocycles. The zero-order valence-electron chi connectivity index (χ0n) is 18.3. The van der Waals surface area contributed by atoms with Crippen molar-refractivity contribution < 1.29 is 22.7 Å². The van der Waals surface area contributed by atoms with Gasteiger partial charge in [0.2, 0.25) is 0 Å². The van der Waals surface area contributed by atoms with Gasteiger partial charge in [-0.2, -0.15) is 5.10 Å². The van der Waals surface area contributed by atoms with Gasteiger partial charge < -0.3 is 9.47 Å². The van der Waals surface area contributed by atoms with Gasteiger partial charge >= 0.3 is 6.09 Å². The number of aromatic nitrogens is 3. The van der Waals surface area contributed by atoms with E-state index in [1.165, 1.54) is 31.4 Å². The van der Waals surface area contributed by atoms with Crippen LogP contribution in [0.2, 0.25) is 5.02 Å². The second-order valence-electron chi connectivity index (χ2n) is 7.27. The fourth-order valence-electron chi connectivity index (χ4n) is 3.46. The highest BCUT2D eigenvalue weighted by molar-refractivity contribution is 7.89. The monoisotopic (exact) mass is 488 g/mol. The highest BCUT2D eigenvalue weighted by atomic mass is 35.5. The van der Waals surface area contributed by atoms with E-state index in [-0.39, 0.29) is 10.6 Å². The van der Waals surface area contributed by atoms with Crippen LogP contribution in [0.25, 0.3) is 16.7 Å². The number of amides is 1. The Morgan fingerprint density at radius 3 is 2.48 bits per heavy atom. The number of sulfonamides is 1. The third kappa shape index (κ3) is 4.03. The molecule has 0 saturated heterocycles. The number of carbonyl (C=O) groups excluding carboxylic acids is 1. The predicted molar refractivity (Wildman–Crippen MR) is 124 cm³/mol. The number of fused-ring (bicyclic) bond motifs is 1. The third-order valence-corrected chi connectivity index (χ3v) is 7.16. The Labute approximate surface area is 195 Å². The maximum atomic E-state index is 12.9. The van der Waals surface area contributed by atoms with Gasteiger partial charge in [-0.3, -0.25) is 4.57 Å². The molecule has 4 aromatic rings. The standard InChI is InChI=1S/C22H21ClN4O5S/c1-14-20(21(25(2)24-14)27-12-11-15-13-16(23)5-10-19(15)27)32-22(28)26(3)33(29,30)18-8-6-17(31-4)7-9-18/h5-13H,1-4H3. The van der Waals surface area contributed by atoms with Crippen LogP contribution >= 0.6 is 11.6 Å². The first-order valence-corrected chi connectivity index (χ1v) is 11.6. The van der Waals surface area contributed by atoms with Gasteiger partial charge in [0.25, 0.3) is 10.0 Å². The number of benzene rings is 2. The SMILES string of the molecule is COc1ccc(S(=O)(=O)N(C)C(=O)Oc2c(C)nn(C)c2-n2ccc3cc(Cl)ccc32)cc1. The van der Waals surface area contributed by atoms with Crippen molar-refractivity contribution >= 4 is 38.6 Å². The molecule has 0 radical (unpaired) electrons. The number of hydrogen-bond donors (Lipinski definition) is 0. The molecule has 0 aliphatic carbocycles. The molecule has 0 unspecified atom stereocenters. The summed E-state index contributed by atoms with van der Waals surface area (Å²) in [6.07, 6.45) is 0.731. The largest absolute Gasteiger partial charge is 0.497 e. The Kier molecular flexibility index (Phi) is 5.81. The summed E-state index contributed by atoms with van der Waals surface area (Å²) in [7, 11) is 0.181. The summed E-state index contributed by atoms with van der Waals surface area (Å²) in [6.45, 7) is 1.67. The highest BCUT2D eigenvalue weighted by Gasteiger charge is 2.30. The smallest absolute Gasteiger partial charge is 0.429 e. The minimum absolute atomic E-state index is 0.0702. The van der Waals surface area contributed by atoms with Crippen LogP contribution in [-0.2, 0) is 17.1 Å². The Hall–Kier alpha value is -3.50. The summed E-state index contributed by atoms with van der Waals surface area (Å²) < 4.78 is 40.4. The highest BCUT2D eigenvalue weighted by Crippen LogP contribution is 2.32. The number of carbonyl (C=O) groups is 1. The summed E-state index contributed by atoms with van der Waals surface area (Å²) in [5, 5.41) is 5.84. The molecule has 0 bridgehead atoms. The zero-order valence-corrected chi connectivity index (χ0v) is 19.9. The van der Waals surface area contributed by atoms with E-state index in [0.29, 0.717) is 26.6 Å². The quantitative estimate of drug-likeness (QED) is 0.418. The molecule has 2 aromatic carbocycles. The lowest BCUT2D eigenvalue weighted by Gasteiger charge is -2.18. The maximum Gasteiger partial charge on any atom is 0.429 e. The number of hydrogen-bond acceptors (Lipinski definition) is 6. The summed E-state index contributed by atoms with van der Waals surface area (Å²) in [4.78, 5) is 12.8. The van der Waals surface area contributed by atoms with E-state index in [2.05, 4.69) is 5.10 Å². The molecule has 0 aliphatic rings. The third-order valence-electron chi connectivity index (χ3n) is 5.18. The zero-order chi connectivity index (χ0) is 23.9. The van der Waals surface area contributed by atoms with Crippen molar-refractivity contribution in [2.24, 2.45) is 7.05 Å². The van der Waals surface area contributed by atoms with Gasteiger partial charge in [-0.15, -0.1) is 0 Å². The van der Waals surface area contributed by atoms with Gasteiger partial charge in [0.1, 0.15) is 11.4 Å². The van der Waals surface area contributed by atoms with Gasteiger partial charge in [-0.1, -0.05) is 11.6 Å². The molecule has 0 atom stereocenters. The molecule has 0 spiro atoms. The van der Waals surface area contributed by atoms with E-state index in [1.54, 1.807) is 35.5 Å². The molecule has 172 valence electrons. The lowest BCUT2D eigenvalue weighted by molar-refractivity contribution is 0.184. The van der Waals surface area contributed by atoms with Gasteiger partial charge in [-0.25, -0.2) is 22.2 Å². The Bertz CT molecular complexity index is 1460. The van der Waals surface area contributed by atoms with Crippen LogP contribution in [0, 0.1) is 6.92 Å². The van der Waals surface area contributed by atoms with Crippen LogP contribution in [0.3, 0.4) is 0 Å². The average molecular weight is 489 g/mol. The molecular weight excluding hydrogens is 468 g/mol. The van der Waals surface area contributed by atoms with Crippen molar-refractivity contribution in [2.75, 3.05) is 14.2 Å². The van der Waals surface area contributed by atoms with Crippen molar-refractivity contribution in [1.82, 2.24) is 18.7 Å². The number of halogens is 1. The summed E-state index contributed by atoms with van der Waals surface area (Å²) in [5.41, 5.74) is 1.24. The topological polar surface area (TPSA) is 95.7 Å². The minimum atomic E-state index is -4.14. The van der Waals surface area contributed by atoms with E-state index in [4.69, 9.17) is 21.1 Å². The number of methoxy groups -OCH3 is 1. The second-order valence-corrected chi connectivity index (χ2v) is 9.67. The fraction of sp³-hybridized carbons (Fsp3) is 0.182. The Morgan fingerprint density at radius 1 is 1.12 bits per heavy atom. The predicted octanol–water partition coefficient (Wildman–Crippen LogP) is 4.15. The molecule has 0 fully saturated rings. The first-order valence-electron chi connectivity index (χ1n) is 9.79. The van der Waals surface area contributed by atoms with E-state index >= 15 is 0 Å². The molecule has 2 aromatic heterocycles. The molecule has 4 rings (SSSR count). The number of rotatable bonds is 5. The number of nitrogens with zero attached hydrogens (tertiary/aromatic N) is 4. The summed E-state index contributed by atoms with van der Waals surface area (Å²) in [6, 6.07) is 13.0. The lowest BCUT2D eigenvalue weighted by atomic mass is 10.2. The molecule has 2 heterocycles. The molecule has 11 heteroatoms. The van der Waals surface area contributed by atoms with Crippen molar-refractivity contribution in [3.05, 3.63) is 65.4 Å². The maximum absolute atomic E-state index is 12.9. The molecule has 0 aliphatic heterocycles. The van der Waals surface area contributed by atoms with Crippen molar-refractivity contribution in [3.63, 3.8) is 0 Å². The first-order chi connectivity index (χ1) is 15.6. The van der Waals surface area contributed by atoms with Crippen LogP contribution in [-0.4, -0.2) is 47.3 Å². The molecular formula is C22H21ClN4O5S. The normalized spacial score (nSPS) is 11.5. The molecule has 0 N–H and O–H groups in total. The first kappa shape index (κ1) is 22.7. The fourth-order valence-corrected chi connectivity index (χ4v) is 4.68. The van der Waals surface area contributed by atoms with E-state index < -0.39 is 16.1 Å². The van der Waals surface area contributed by atoms with Crippen LogP contribution in [0.1, 0.15) is 5.69 Å². The number of aryl methyl sites for hydroxylation is 2. The molecule has 9 nitrogen and oxygen atoms in total. The van der Waals surface area contributed by atoms with Gasteiger partial charge in [-0.05, 0) is 55.5 Å². The van der Waals surface area contributed by atoms with Crippen LogP contribution in [0.5, 0.6) is 11.5 Å². The van der Waals surface area contributed by atoms with E-state index in [9.17, 15) is 13.2 Å². The van der Waals surface area contributed by atoms with Crippen LogP contribution < -0.4 is 9.47 Å².